The molecule has 1 aromatic carbocycles. The second kappa shape index (κ2) is 6.35. The number of esters is 1. The maximum atomic E-state index is 11.9. The fraction of sp³-hybridized carbons (Fsp3) is 0.250. The molecule has 0 saturated carbocycles. The van der Waals surface area contributed by atoms with Gasteiger partial charge in [0.2, 0.25) is 10.0 Å². The number of ether oxygens (including phenoxy) is 1. The molecule has 0 amide bonds. The van der Waals surface area contributed by atoms with Gasteiger partial charge in [-0.1, -0.05) is 6.08 Å². The van der Waals surface area contributed by atoms with Crippen LogP contribution in [-0.4, -0.2) is 33.1 Å². The largest absolute Gasteiger partial charge is 0.507 e. The summed E-state index contributed by atoms with van der Waals surface area (Å²) < 4.78 is 30.6. The lowest BCUT2D eigenvalue weighted by molar-refractivity contribution is 0.0597. The summed E-state index contributed by atoms with van der Waals surface area (Å²) in [5, 5.41) is 9.49. The van der Waals surface area contributed by atoms with E-state index < -0.39 is 16.0 Å². The third kappa shape index (κ3) is 3.80. The van der Waals surface area contributed by atoms with Crippen molar-refractivity contribution < 1.29 is 23.1 Å². The molecule has 0 aliphatic heterocycles. The number of aromatic hydroxyl groups is 1. The minimum absolute atomic E-state index is 0.116. The maximum absolute atomic E-state index is 11.9. The third-order valence-corrected chi connectivity index (χ3v) is 3.78. The van der Waals surface area contributed by atoms with Gasteiger partial charge in [0.25, 0.3) is 0 Å². The zero-order valence-corrected chi connectivity index (χ0v) is 11.2. The van der Waals surface area contributed by atoms with Gasteiger partial charge in [-0.25, -0.2) is 17.9 Å². The van der Waals surface area contributed by atoms with Crippen LogP contribution in [-0.2, 0) is 14.8 Å². The summed E-state index contributed by atoms with van der Waals surface area (Å²) in [6.45, 7) is 3.69. The Hall–Kier alpha value is -1.86. The molecule has 19 heavy (non-hydrogen) atoms. The van der Waals surface area contributed by atoms with Crippen LogP contribution in [0, 0.1) is 0 Å². The van der Waals surface area contributed by atoms with Gasteiger partial charge in [0, 0.05) is 6.54 Å². The van der Waals surface area contributed by atoms with Gasteiger partial charge >= 0.3 is 5.97 Å². The predicted molar refractivity (Wildman–Crippen MR) is 69.4 cm³/mol. The van der Waals surface area contributed by atoms with E-state index in [0.717, 1.165) is 19.2 Å². The van der Waals surface area contributed by atoms with E-state index in [-0.39, 0.29) is 22.8 Å². The van der Waals surface area contributed by atoms with Crippen LogP contribution in [0.2, 0.25) is 0 Å². The first-order valence-corrected chi connectivity index (χ1v) is 6.92. The van der Waals surface area contributed by atoms with Gasteiger partial charge in [0.05, 0.1) is 12.0 Å². The first kappa shape index (κ1) is 15.2. The highest BCUT2D eigenvalue weighted by Crippen LogP contribution is 2.21. The van der Waals surface area contributed by atoms with Gasteiger partial charge in [0.1, 0.15) is 11.3 Å². The van der Waals surface area contributed by atoms with E-state index in [2.05, 4.69) is 16.0 Å². The van der Waals surface area contributed by atoms with Gasteiger partial charge in [-0.15, -0.1) is 6.58 Å². The first-order valence-electron chi connectivity index (χ1n) is 5.44. The number of nitrogens with one attached hydrogen (secondary N) is 1. The van der Waals surface area contributed by atoms with Crippen molar-refractivity contribution in [1.29, 1.82) is 0 Å². The van der Waals surface area contributed by atoms with Crippen molar-refractivity contribution in [2.24, 2.45) is 0 Å². The molecule has 0 unspecified atom stereocenters. The zero-order valence-electron chi connectivity index (χ0n) is 10.4. The van der Waals surface area contributed by atoms with Crippen LogP contribution in [0.25, 0.3) is 0 Å². The summed E-state index contributed by atoms with van der Waals surface area (Å²) in [5.41, 5.74) is -0.200. The van der Waals surface area contributed by atoms with Gasteiger partial charge in [-0.05, 0) is 24.6 Å². The van der Waals surface area contributed by atoms with Gasteiger partial charge in [0.15, 0.2) is 0 Å². The summed E-state index contributed by atoms with van der Waals surface area (Å²) in [6.07, 6.45) is 2.07. The van der Waals surface area contributed by atoms with E-state index in [4.69, 9.17) is 0 Å². The topological polar surface area (TPSA) is 92.7 Å². The molecule has 1 rings (SSSR count). The van der Waals surface area contributed by atoms with Crippen LogP contribution in [0.1, 0.15) is 16.8 Å². The van der Waals surface area contributed by atoms with Crippen LogP contribution in [0.5, 0.6) is 5.75 Å². The van der Waals surface area contributed by atoms with Crippen LogP contribution < -0.4 is 4.72 Å². The highest BCUT2D eigenvalue weighted by Gasteiger charge is 2.18. The van der Waals surface area contributed by atoms with E-state index in [0.29, 0.717) is 6.42 Å². The number of hydrogen-bond acceptors (Lipinski definition) is 5. The summed E-state index contributed by atoms with van der Waals surface area (Å²) in [7, 11) is -2.59. The number of carbonyl (C=O) groups excluding carboxylic acids is 1. The molecule has 7 heteroatoms. The average molecular weight is 285 g/mol. The Morgan fingerprint density at radius 3 is 2.79 bits per heavy atom. The number of hydrogen-bond donors (Lipinski definition) is 2. The Balaban J connectivity index is 3.07. The van der Waals surface area contributed by atoms with Crippen molar-refractivity contribution in [3.05, 3.63) is 36.4 Å². The molecule has 0 aromatic heterocycles. The Bertz CT molecular complexity index is 580. The number of benzene rings is 1. The van der Waals surface area contributed by atoms with Crippen molar-refractivity contribution in [2.75, 3.05) is 13.7 Å². The number of rotatable bonds is 6. The Labute approximate surface area is 111 Å². The van der Waals surface area contributed by atoms with Gasteiger partial charge in [-0.3, -0.25) is 0 Å². The SMILES string of the molecule is C=CCCNS(=O)(=O)c1ccc(O)c(C(=O)OC)c1. The molecule has 0 aliphatic carbocycles. The van der Waals surface area contributed by atoms with E-state index in [1.807, 2.05) is 0 Å². The molecule has 0 heterocycles. The highest BCUT2D eigenvalue weighted by atomic mass is 32.2. The number of phenols is 1. The summed E-state index contributed by atoms with van der Waals surface area (Å²) in [6, 6.07) is 3.41. The quantitative estimate of drug-likeness (QED) is 0.462. The fourth-order valence-corrected chi connectivity index (χ4v) is 2.41. The van der Waals surface area contributed by atoms with Crippen LogP contribution in [0.3, 0.4) is 0 Å². The standard InChI is InChI=1S/C12H15NO5S/c1-3-4-7-13-19(16,17)9-5-6-11(14)10(8-9)12(15)18-2/h3,5-6,8,13-14H,1,4,7H2,2H3. The van der Waals surface area contributed by atoms with Crippen molar-refractivity contribution in [2.45, 2.75) is 11.3 Å². The summed E-state index contributed by atoms with van der Waals surface area (Å²) >= 11 is 0. The number of carbonyl (C=O) groups is 1. The lowest BCUT2D eigenvalue weighted by Crippen LogP contribution is -2.24. The molecule has 6 nitrogen and oxygen atoms in total. The molecular weight excluding hydrogens is 270 g/mol. The third-order valence-electron chi connectivity index (χ3n) is 2.32. The maximum Gasteiger partial charge on any atom is 0.341 e. The van der Waals surface area contributed by atoms with Gasteiger partial charge in [-0.2, -0.15) is 0 Å². The second-order valence-corrected chi connectivity index (χ2v) is 5.41. The number of phenolic OH excluding ortho intramolecular Hbond substituents is 1. The van der Waals surface area contributed by atoms with Crippen LogP contribution >= 0.6 is 0 Å². The van der Waals surface area contributed by atoms with Crippen molar-refractivity contribution >= 4 is 16.0 Å². The molecule has 0 spiro atoms. The average Bonchev–Trinajstić information content (AvgIpc) is 2.38. The minimum Gasteiger partial charge on any atom is -0.507 e. The Morgan fingerprint density at radius 2 is 2.21 bits per heavy atom. The molecule has 104 valence electrons. The monoisotopic (exact) mass is 285 g/mol. The zero-order chi connectivity index (χ0) is 14.5. The Morgan fingerprint density at radius 1 is 1.53 bits per heavy atom. The minimum atomic E-state index is -3.73. The van der Waals surface area contributed by atoms with Crippen molar-refractivity contribution in [3.63, 3.8) is 0 Å². The lowest BCUT2D eigenvalue weighted by atomic mass is 10.2. The first-order chi connectivity index (χ1) is 8.92. The number of methoxy groups -OCH3 is 1. The normalized spacial score (nSPS) is 11.0. The smallest absolute Gasteiger partial charge is 0.341 e. The molecular formula is C12H15NO5S. The van der Waals surface area contributed by atoms with E-state index in [1.54, 1.807) is 6.08 Å². The molecule has 0 saturated heterocycles. The van der Waals surface area contributed by atoms with Crippen molar-refractivity contribution in [1.82, 2.24) is 4.72 Å². The highest BCUT2D eigenvalue weighted by molar-refractivity contribution is 7.89. The number of sulfonamides is 1. The fourth-order valence-electron chi connectivity index (χ4n) is 1.33. The lowest BCUT2D eigenvalue weighted by Gasteiger charge is -2.08. The molecule has 2 N–H and O–H groups in total. The molecule has 0 bridgehead atoms. The van der Waals surface area contributed by atoms with E-state index in [1.165, 1.54) is 6.07 Å². The molecule has 0 atom stereocenters. The predicted octanol–water partition coefficient (Wildman–Crippen LogP) is 1.03. The Kier molecular flexibility index (Phi) is 5.08. The van der Waals surface area contributed by atoms with Crippen LogP contribution in [0.4, 0.5) is 0 Å². The van der Waals surface area contributed by atoms with E-state index in [9.17, 15) is 18.3 Å². The van der Waals surface area contributed by atoms with Crippen LogP contribution in [0.15, 0.2) is 35.7 Å². The van der Waals surface area contributed by atoms with Gasteiger partial charge < -0.3 is 9.84 Å². The molecule has 0 aliphatic rings. The second-order valence-electron chi connectivity index (χ2n) is 3.65. The van der Waals surface area contributed by atoms with Crippen molar-refractivity contribution in [3.8, 4) is 5.75 Å². The molecule has 0 radical (unpaired) electrons. The molecule has 0 fully saturated rings. The molecule has 1 aromatic rings. The van der Waals surface area contributed by atoms with E-state index >= 15 is 0 Å². The summed E-state index contributed by atoms with van der Waals surface area (Å²) in [5.74, 6) is -1.14. The summed E-state index contributed by atoms with van der Waals surface area (Å²) in [4.78, 5) is 11.2.